The van der Waals surface area contributed by atoms with Crippen LogP contribution in [-0.2, 0) is 14.3 Å². The Morgan fingerprint density at radius 3 is 2.68 bits per heavy atom. The molecule has 22 heavy (non-hydrogen) atoms. The number of hydrogen-bond donors (Lipinski definition) is 2. The van der Waals surface area contributed by atoms with Crippen LogP contribution in [0.3, 0.4) is 0 Å². The number of aliphatic hydroxyl groups excluding tert-OH is 1. The van der Waals surface area contributed by atoms with E-state index in [4.69, 9.17) is 20.3 Å². The van der Waals surface area contributed by atoms with E-state index >= 15 is 0 Å². The SMILES string of the molecule is CCO[C@H]1OC(C(N)=O)=C[C@@H](c2ccccc2)[C@@H]1CCCO. The summed E-state index contributed by atoms with van der Waals surface area (Å²) < 4.78 is 11.3. The Morgan fingerprint density at radius 1 is 1.36 bits per heavy atom. The summed E-state index contributed by atoms with van der Waals surface area (Å²) in [6.45, 7) is 2.48. The summed E-state index contributed by atoms with van der Waals surface area (Å²) >= 11 is 0. The normalized spacial score (nSPS) is 24.5. The Labute approximate surface area is 130 Å². The second-order valence-corrected chi connectivity index (χ2v) is 5.30. The van der Waals surface area contributed by atoms with Crippen molar-refractivity contribution in [3.8, 4) is 0 Å². The Bertz CT molecular complexity index is 515. The maximum absolute atomic E-state index is 11.5. The maximum atomic E-state index is 11.5. The Balaban J connectivity index is 2.36. The molecule has 0 bridgehead atoms. The molecule has 1 amide bonds. The van der Waals surface area contributed by atoms with Gasteiger partial charge in [0, 0.05) is 25.0 Å². The van der Waals surface area contributed by atoms with Gasteiger partial charge in [0.15, 0.2) is 5.76 Å². The van der Waals surface area contributed by atoms with E-state index in [2.05, 4.69) is 0 Å². The second-order valence-electron chi connectivity index (χ2n) is 5.30. The molecule has 0 saturated heterocycles. The molecule has 0 saturated carbocycles. The first-order chi connectivity index (χ1) is 10.7. The first kappa shape index (κ1) is 16.5. The Kier molecular flexibility index (Phi) is 5.98. The molecule has 0 unspecified atom stereocenters. The summed E-state index contributed by atoms with van der Waals surface area (Å²) in [5, 5.41) is 9.14. The number of benzene rings is 1. The highest BCUT2D eigenvalue weighted by Crippen LogP contribution is 2.39. The second kappa shape index (κ2) is 7.96. The first-order valence-corrected chi connectivity index (χ1v) is 7.63. The number of amides is 1. The van der Waals surface area contributed by atoms with Crippen LogP contribution in [0.1, 0.15) is 31.2 Å². The molecule has 1 aromatic carbocycles. The molecule has 1 aliphatic heterocycles. The van der Waals surface area contributed by atoms with E-state index < -0.39 is 12.2 Å². The van der Waals surface area contributed by atoms with Crippen molar-refractivity contribution in [2.75, 3.05) is 13.2 Å². The molecule has 1 heterocycles. The fourth-order valence-corrected chi connectivity index (χ4v) is 2.83. The van der Waals surface area contributed by atoms with E-state index in [1.807, 2.05) is 37.3 Å². The van der Waals surface area contributed by atoms with Gasteiger partial charge in [-0.05, 0) is 31.4 Å². The molecule has 120 valence electrons. The summed E-state index contributed by atoms with van der Waals surface area (Å²) in [7, 11) is 0. The molecule has 5 nitrogen and oxygen atoms in total. The van der Waals surface area contributed by atoms with Crippen LogP contribution in [0.5, 0.6) is 0 Å². The molecule has 0 spiro atoms. The van der Waals surface area contributed by atoms with Gasteiger partial charge in [-0.2, -0.15) is 0 Å². The van der Waals surface area contributed by atoms with Gasteiger partial charge in [0.2, 0.25) is 6.29 Å². The average molecular weight is 305 g/mol. The lowest BCUT2D eigenvalue weighted by atomic mass is 9.80. The van der Waals surface area contributed by atoms with Crippen LogP contribution in [0.4, 0.5) is 0 Å². The molecule has 3 atom stereocenters. The minimum atomic E-state index is -0.591. The number of allylic oxidation sites excluding steroid dienone is 1. The molecule has 1 aliphatic rings. The van der Waals surface area contributed by atoms with Crippen LogP contribution >= 0.6 is 0 Å². The lowest BCUT2D eigenvalue weighted by molar-refractivity contribution is -0.165. The summed E-state index contributed by atoms with van der Waals surface area (Å²) in [6.07, 6.45) is 2.63. The topological polar surface area (TPSA) is 81.8 Å². The maximum Gasteiger partial charge on any atom is 0.283 e. The van der Waals surface area contributed by atoms with Crippen molar-refractivity contribution in [2.45, 2.75) is 32.0 Å². The van der Waals surface area contributed by atoms with Gasteiger partial charge < -0.3 is 20.3 Å². The smallest absolute Gasteiger partial charge is 0.283 e. The van der Waals surface area contributed by atoms with E-state index in [9.17, 15) is 4.79 Å². The number of aliphatic hydroxyl groups is 1. The highest BCUT2D eigenvalue weighted by Gasteiger charge is 2.37. The van der Waals surface area contributed by atoms with Crippen molar-refractivity contribution < 1.29 is 19.4 Å². The summed E-state index contributed by atoms with van der Waals surface area (Å²) in [5.74, 6) is -0.447. The van der Waals surface area contributed by atoms with Gasteiger partial charge in [-0.1, -0.05) is 30.3 Å². The standard InChI is InChI=1S/C17H23NO4/c1-2-21-17-13(9-6-10-19)14(11-15(22-17)16(18)20)12-7-4-3-5-8-12/h3-5,7-8,11,13-14,17,19H,2,6,9-10H2,1H3,(H2,18,20)/t13-,14-,17-/m0/s1. The third-order valence-electron chi connectivity index (χ3n) is 3.84. The minimum Gasteiger partial charge on any atom is -0.459 e. The molecule has 0 radical (unpaired) electrons. The first-order valence-electron chi connectivity index (χ1n) is 7.63. The van der Waals surface area contributed by atoms with Crippen molar-refractivity contribution in [3.63, 3.8) is 0 Å². The number of ether oxygens (including phenoxy) is 2. The predicted molar refractivity (Wildman–Crippen MR) is 82.8 cm³/mol. The lowest BCUT2D eigenvalue weighted by Crippen LogP contribution is -2.37. The van der Waals surface area contributed by atoms with Crippen molar-refractivity contribution in [1.82, 2.24) is 0 Å². The van der Waals surface area contributed by atoms with E-state index in [1.165, 1.54) is 0 Å². The third kappa shape index (κ3) is 3.87. The van der Waals surface area contributed by atoms with Crippen LogP contribution in [0, 0.1) is 5.92 Å². The summed E-state index contributed by atoms with van der Waals surface area (Å²) in [4.78, 5) is 11.5. The van der Waals surface area contributed by atoms with Crippen molar-refractivity contribution >= 4 is 5.91 Å². The van der Waals surface area contributed by atoms with E-state index in [0.717, 1.165) is 12.0 Å². The van der Waals surface area contributed by atoms with Crippen LogP contribution in [-0.4, -0.2) is 30.5 Å². The van der Waals surface area contributed by atoms with Gasteiger partial charge in [0.25, 0.3) is 5.91 Å². The molecule has 0 aliphatic carbocycles. The number of carbonyl (C=O) groups excluding carboxylic acids is 1. The van der Waals surface area contributed by atoms with Crippen LogP contribution in [0.25, 0.3) is 0 Å². The van der Waals surface area contributed by atoms with Crippen LogP contribution in [0.15, 0.2) is 42.2 Å². The zero-order valence-corrected chi connectivity index (χ0v) is 12.8. The zero-order chi connectivity index (χ0) is 15.9. The predicted octanol–water partition coefficient (Wildman–Crippen LogP) is 1.92. The highest BCUT2D eigenvalue weighted by atomic mass is 16.7. The third-order valence-corrected chi connectivity index (χ3v) is 3.84. The lowest BCUT2D eigenvalue weighted by Gasteiger charge is -2.36. The van der Waals surface area contributed by atoms with Gasteiger partial charge in [-0.15, -0.1) is 0 Å². The molecule has 0 fully saturated rings. The highest BCUT2D eigenvalue weighted by molar-refractivity contribution is 5.90. The number of primary amides is 1. The quantitative estimate of drug-likeness (QED) is 0.806. The molecule has 5 heteroatoms. The van der Waals surface area contributed by atoms with Crippen LogP contribution in [0.2, 0.25) is 0 Å². The van der Waals surface area contributed by atoms with E-state index in [1.54, 1.807) is 6.08 Å². The molecule has 2 rings (SSSR count). The van der Waals surface area contributed by atoms with Gasteiger partial charge in [-0.25, -0.2) is 0 Å². The molecule has 1 aromatic rings. The zero-order valence-electron chi connectivity index (χ0n) is 12.8. The largest absolute Gasteiger partial charge is 0.459 e. The molecule has 0 aromatic heterocycles. The van der Waals surface area contributed by atoms with Gasteiger partial charge >= 0.3 is 0 Å². The Hall–Kier alpha value is -1.85. The average Bonchev–Trinajstić information content (AvgIpc) is 2.54. The fourth-order valence-electron chi connectivity index (χ4n) is 2.83. The van der Waals surface area contributed by atoms with Gasteiger partial charge in [-0.3, -0.25) is 4.79 Å². The van der Waals surface area contributed by atoms with Crippen LogP contribution < -0.4 is 5.73 Å². The minimum absolute atomic E-state index is 0.0256. The fraction of sp³-hybridized carbons (Fsp3) is 0.471. The van der Waals surface area contributed by atoms with E-state index in [0.29, 0.717) is 13.0 Å². The summed E-state index contributed by atoms with van der Waals surface area (Å²) in [5.41, 5.74) is 6.46. The number of nitrogens with two attached hydrogens (primary N) is 1. The number of rotatable bonds is 7. The van der Waals surface area contributed by atoms with Crippen molar-refractivity contribution in [1.29, 1.82) is 0 Å². The molecular weight excluding hydrogens is 282 g/mol. The van der Waals surface area contributed by atoms with Gasteiger partial charge in [0.1, 0.15) is 0 Å². The number of carbonyl (C=O) groups is 1. The monoisotopic (exact) mass is 305 g/mol. The molecular formula is C17H23NO4. The Morgan fingerprint density at radius 2 is 2.09 bits per heavy atom. The number of hydrogen-bond acceptors (Lipinski definition) is 4. The van der Waals surface area contributed by atoms with Crippen molar-refractivity contribution in [3.05, 3.63) is 47.7 Å². The van der Waals surface area contributed by atoms with E-state index in [-0.39, 0.29) is 24.2 Å². The molecule has 3 N–H and O–H groups in total. The summed E-state index contributed by atoms with van der Waals surface area (Å²) in [6, 6.07) is 9.90. The van der Waals surface area contributed by atoms with Gasteiger partial charge in [0.05, 0.1) is 0 Å². The van der Waals surface area contributed by atoms with Crippen molar-refractivity contribution in [2.24, 2.45) is 11.7 Å².